The SMILES string of the molecule is CCOC(=O)c1sc(NC(=O)Cn2nc(C(F)F)c(Cl)c2C2CC2)c(C(=O)OC)c1C. The van der Waals surface area contributed by atoms with Gasteiger partial charge in [-0.15, -0.1) is 11.3 Å². The maximum Gasteiger partial charge on any atom is 0.348 e. The molecule has 0 unspecified atom stereocenters. The summed E-state index contributed by atoms with van der Waals surface area (Å²) in [4.78, 5) is 37.2. The number of hydrogen-bond acceptors (Lipinski definition) is 7. The number of nitrogens with zero attached hydrogens (tertiary/aromatic N) is 2. The van der Waals surface area contributed by atoms with Gasteiger partial charge >= 0.3 is 11.9 Å². The van der Waals surface area contributed by atoms with E-state index < -0.39 is 30.0 Å². The van der Waals surface area contributed by atoms with Gasteiger partial charge in [0.25, 0.3) is 6.43 Å². The molecule has 12 heteroatoms. The molecule has 2 aromatic heterocycles. The summed E-state index contributed by atoms with van der Waals surface area (Å²) in [6, 6.07) is 0. The third-order valence-electron chi connectivity index (χ3n) is 4.67. The number of hydrogen-bond donors (Lipinski definition) is 1. The molecule has 0 atom stereocenters. The number of alkyl halides is 2. The Kier molecular flexibility index (Phi) is 6.95. The van der Waals surface area contributed by atoms with Crippen LogP contribution in [0.1, 0.15) is 69.1 Å². The molecular weight excluding hydrogens is 456 g/mol. The van der Waals surface area contributed by atoms with E-state index in [0.717, 1.165) is 24.2 Å². The van der Waals surface area contributed by atoms with Gasteiger partial charge in [0.05, 0.1) is 30.0 Å². The number of carbonyl (C=O) groups is 3. The van der Waals surface area contributed by atoms with Crippen LogP contribution in [0.25, 0.3) is 0 Å². The predicted octanol–water partition coefficient (Wildman–Crippen LogP) is 4.32. The Bertz CT molecular complexity index is 1030. The van der Waals surface area contributed by atoms with Crippen LogP contribution < -0.4 is 5.32 Å². The zero-order valence-electron chi connectivity index (χ0n) is 17.0. The number of nitrogens with one attached hydrogen (secondary N) is 1. The van der Waals surface area contributed by atoms with Gasteiger partial charge in [0.1, 0.15) is 22.1 Å². The van der Waals surface area contributed by atoms with Gasteiger partial charge in [0.2, 0.25) is 5.91 Å². The Balaban J connectivity index is 1.89. The largest absolute Gasteiger partial charge is 0.465 e. The number of amides is 1. The van der Waals surface area contributed by atoms with E-state index in [0.29, 0.717) is 11.3 Å². The minimum atomic E-state index is -2.87. The van der Waals surface area contributed by atoms with Gasteiger partial charge in [-0.2, -0.15) is 5.10 Å². The third kappa shape index (κ3) is 4.72. The predicted molar refractivity (Wildman–Crippen MR) is 109 cm³/mol. The molecule has 0 saturated heterocycles. The summed E-state index contributed by atoms with van der Waals surface area (Å²) in [5.74, 6) is -2.01. The summed E-state index contributed by atoms with van der Waals surface area (Å²) in [5, 5.41) is 6.34. The van der Waals surface area contributed by atoms with Crippen molar-refractivity contribution in [3.63, 3.8) is 0 Å². The van der Waals surface area contributed by atoms with E-state index in [1.54, 1.807) is 6.92 Å². The first-order valence-corrected chi connectivity index (χ1v) is 10.6. The zero-order chi connectivity index (χ0) is 22.9. The van der Waals surface area contributed by atoms with Gasteiger partial charge in [-0.3, -0.25) is 9.48 Å². The first-order valence-electron chi connectivity index (χ1n) is 9.42. The molecule has 0 bridgehead atoms. The Labute approximate surface area is 185 Å². The van der Waals surface area contributed by atoms with Crippen LogP contribution in [0.3, 0.4) is 0 Å². The van der Waals surface area contributed by atoms with Crippen molar-refractivity contribution < 1.29 is 32.6 Å². The summed E-state index contributed by atoms with van der Waals surface area (Å²) in [6.45, 7) is 2.94. The highest BCUT2D eigenvalue weighted by molar-refractivity contribution is 7.18. The van der Waals surface area contributed by atoms with E-state index in [1.165, 1.54) is 18.7 Å². The molecule has 168 valence electrons. The lowest BCUT2D eigenvalue weighted by Gasteiger charge is -2.08. The Hall–Kier alpha value is -2.53. The average Bonchev–Trinajstić information content (AvgIpc) is 3.41. The molecule has 8 nitrogen and oxygen atoms in total. The van der Waals surface area contributed by atoms with Crippen molar-refractivity contribution in [1.82, 2.24) is 9.78 Å². The molecule has 0 aromatic carbocycles. The maximum absolute atomic E-state index is 13.2. The Morgan fingerprint density at radius 1 is 1.32 bits per heavy atom. The molecule has 2 aromatic rings. The van der Waals surface area contributed by atoms with E-state index in [-0.39, 0.29) is 39.5 Å². The molecule has 0 aliphatic heterocycles. The van der Waals surface area contributed by atoms with Gasteiger partial charge in [0.15, 0.2) is 0 Å². The van der Waals surface area contributed by atoms with Crippen molar-refractivity contribution in [2.75, 3.05) is 19.0 Å². The van der Waals surface area contributed by atoms with Gasteiger partial charge in [-0.05, 0) is 32.3 Å². The molecule has 0 radical (unpaired) electrons. The fourth-order valence-corrected chi connectivity index (χ4v) is 4.60. The second-order valence-corrected chi connectivity index (χ2v) is 8.24. The maximum atomic E-state index is 13.2. The molecule has 3 rings (SSSR count). The van der Waals surface area contributed by atoms with E-state index in [4.69, 9.17) is 21.1 Å². The van der Waals surface area contributed by atoms with Gasteiger partial charge in [0, 0.05) is 5.92 Å². The number of ether oxygens (including phenoxy) is 2. The van der Waals surface area contributed by atoms with Crippen molar-refractivity contribution in [1.29, 1.82) is 0 Å². The van der Waals surface area contributed by atoms with Crippen LogP contribution >= 0.6 is 22.9 Å². The lowest BCUT2D eigenvalue weighted by molar-refractivity contribution is -0.116. The molecule has 1 N–H and O–H groups in total. The highest BCUT2D eigenvalue weighted by Crippen LogP contribution is 2.45. The molecule has 1 amide bonds. The molecule has 1 aliphatic carbocycles. The summed E-state index contributed by atoms with van der Waals surface area (Å²) >= 11 is 6.94. The highest BCUT2D eigenvalue weighted by atomic mass is 35.5. The van der Waals surface area contributed by atoms with Crippen LogP contribution in [-0.2, 0) is 20.8 Å². The van der Waals surface area contributed by atoms with Crippen LogP contribution in [0.5, 0.6) is 0 Å². The molecule has 0 spiro atoms. The zero-order valence-corrected chi connectivity index (χ0v) is 18.5. The number of methoxy groups -OCH3 is 1. The monoisotopic (exact) mass is 475 g/mol. The second-order valence-electron chi connectivity index (χ2n) is 6.84. The van der Waals surface area contributed by atoms with Crippen LogP contribution in [-0.4, -0.2) is 41.3 Å². The van der Waals surface area contributed by atoms with E-state index in [1.807, 2.05) is 0 Å². The molecule has 31 heavy (non-hydrogen) atoms. The molecule has 1 aliphatic rings. The summed E-state index contributed by atoms with van der Waals surface area (Å²) < 4.78 is 37.3. The smallest absolute Gasteiger partial charge is 0.348 e. The molecule has 2 heterocycles. The first-order chi connectivity index (χ1) is 14.7. The summed E-state index contributed by atoms with van der Waals surface area (Å²) in [5.41, 5.74) is 0.169. The number of carbonyl (C=O) groups excluding carboxylic acids is 3. The number of halogens is 3. The number of aromatic nitrogens is 2. The van der Waals surface area contributed by atoms with E-state index in [2.05, 4.69) is 10.4 Å². The average molecular weight is 476 g/mol. The van der Waals surface area contributed by atoms with Crippen molar-refractivity contribution in [2.24, 2.45) is 0 Å². The van der Waals surface area contributed by atoms with Crippen molar-refractivity contribution in [3.05, 3.63) is 32.4 Å². The van der Waals surface area contributed by atoms with Gasteiger partial charge < -0.3 is 14.8 Å². The molecule has 1 fully saturated rings. The minimum absolute atomic E-state index is 0.0228. The lowest BCUT2D eigenvalue weighted by Crippen LogP contribution is -2.21. The van der Waals surface area contributed by atoms with Crippen LogP contribution in [0.15, 0.2) is 0 Å². The first kappa shape index (κ1) is 23.1. The van der Waals surface area contributed by atoms with Crippen molar-refractivity contribution in [2.45, 2.75) is 45.6 Å². The Morgan fingerprint density at radius 2 is 2.00 bits per heavy atom. The van der Waals surface area contributed by atoms with Crippen LogP contribution in [0.4, 0.5) is 13.8 Å². The van der Waals surface area contributed by atoms with Crippen LogP contribution in [0.2, 0.25) is 5.02 Å². The fourth-order valence-electron chi connectivity index (χ4n) is 3.12. The van der Waals surface area contributed by atoms with Gasteiger partial charge in [-0.25, -0.2) is 18.4 Å². The van der Waals surface area contributed by atoms with Gasteiger partial charge in [-0.1, -0.05) is 11.6 Å². The topological polar surface area (TPSA) is 99.5 Å². The quantitative estimate of drug-likeness (QED) is 0.571. The Morgan fingerprint density at radius 3 is 2.55 bits per heavy atom. The van der Waals surface area contributed by atoms with Crippen molar-refractivity contribution in [3.8, 4) is 0 Å². The molecular formula is C19H20ClF2N3O5S. The number of esters is 2. The number of rotatable bonds is 8. The standard InChI is InChI=1S/C19H20ClF2N3O5S/c1-4-30-19(28)15-8(2)11(18(27)29-3)17(31-15)23-10(26)7-25-14(9-5-6-9)12(20)13(24-25)16(21)22/h9,16H,4-7H2,1-3H3,(H,23,26). The highest BCUT2D eigenvalue weighted by Gasteiger charge is 2.34. The van der Waals surface area contributed by atoms with E-state index >= 15 is 0 Å². The summed E-state index contributed by atoms with van der Waals surface area (Å²) in [7, 11) is 1.18. The fraction of sp³-hybridized carbons (Fsp3) is 0.474. The number of thiophene rings is 1. The van der Waals surface area contributed by atoms with Crippen LogP contribution in [0, 0.1) is 6.92 Å². The lowest BCUT2D eigenvalue weighted by atomic mass is 10.1. The summed E-state index contributed by atoms with van der Waals surface area (Å²) in [6.07, 6.45) is -1.32. The van der Waals surface area contributed by atoms with Crippen molar-refractivity contribution >= 4 is 45.8 Å². The number of anilines is 1. The van der Waals surface area contributed by atoms with E-state index in [9.17, 15) is 23.2 Å². The minimum Gasteiger partial charge on any atom is -0.465 e. The normalized spacial score (nSPS) is 13.4. The molecule has 1 saturated carbocycles. The third-order valence-corrected chi connectivity index (χ3v) is 6.25. The second kappa shape index (κ2) is 9.31.